The van der Waals surface area contributed by atoms with Gasteiger partial charge in [-0.05, 0) is 23.3 Å². The second-order valence-corrected chi connectivity index (χ2v) is 9.03. The first kappa shape index (κ1) is 31.2. The summed E-state index contributed by atoms with van der Waals surface area (Å²) in [5.74, 6) is -5.93. The summed E-state index contributed by atoms with van der Waals surface area (Å²) in [6, 6.07) is 8.69. The van der Waals surface area contributed by atoms with Gasteiger partial charge in [0, 0.05) is 12.8 Å². The molecular weight excluding hydrogens is 524 g/mol. The number of hydrogen-bond donors (Lipinski definition) is 8. The monoisotopic (exact) mass is 556 g/mol. The van der Waals surface area contributed by atoms with Crippen LogP contribution < -0.4 is 33.2 Å². The number of nitrogens with one attached hydrogen (secondary N) is 3. The van der Waals surface area contributed by atoms with E-state index in [0.29, 0.717) is 11.1 Å². The zero-order valence-corrected chi connectivity index (χ0v) is 21.4. The predicted molar refractivity (Wildman–Crippen MR) is 141 cm³/mol. The number of phenolic OH excluding ortho intramolecular Hbond substituents is 1. The Bertz CT molecular complexity index is 1220. The topological polar surface area (TPSA) is 257 Å². The van der Waals surface area contributed by atoms with E-state index in [4.69, 9.17) is 17.2 Å². The van der Waals surface area contributed by atoms with Crippen molar-refractivity contribution in [1.82, 2.24) is 16.0 Å². The second-order valence-electron chi connectivity index (χ2n) is 9.03. The third-order valence-electron chi connectivity index (χ3n) is 5.70. The number of carboxylic acids is 1. The van der Waals surface area contributed by atoms with Gasteiger partial charge in [0.2, 0.25) is 29.5 Å². The van der Waals surface area contributed by atoms with E-state index >= 15 is 0 Å². The number of carbonyl (C=O) groups excluding carboxylic acids is 5. The molecule has 0 saturated carbocycles. The van der Waals surface area contributed by atoms with Gasteiger partial charge in [0.05, 0.1) is 18.9 Å². The first-order valence-electron chi connectivity index (χ1n) is 12.1. The maximum absolute atomic E-state index is 13.4. The SMILES string of the molecule is NC(=O)CC(N)C(=O)NC(Cc1ccccc1)C(=O)NC(Cc1ccc(O)cc1)C(=O)NC(CC(N)=O)C(=O)O. The third-order valence-corrected chi connectivity index (χ3v) is 5.70. The highest BCUT2D eigenvalue weighted by Gasteiger charge is 2.31. The molecule has 11 N–H and O–H groups in total. The van der Waals surface area contributed by atoms with Crippen molar-refractivity contribution in [3.63, 3.8) is 0 Å². The van der Waals surface area contributed by atoms with Crippen LogP contribution in [0, 0.1) is 0 Å². The molecule has 0 aliphatic carbocycles. The van der Waals surface area contributed by atoms with E-state index in [9.17, 15) is 39.0 Å². The minimum atomic E-state index is -1.66. The molecule has 0 aliphatic rings. The Kier molecular flexibility index (Phi) is 11.6. The Morgan fingerprint density at radius 1 is 0.650 bits per heavy atom. The highest BCUT2D eigenvalue weighted by molar-refractivity contribution is 5.95. The summed E-state index contributed by atoms with van der Waals surface area (Å²) in [6.07, 6.45) is -1.32. The normalized spacial score (nSPS) is 13.6. The Morgan fingerprint density at radius 2 is 1.10 bits per heavy atom. The number of carbonyl (C=O) groups is 6. The van der Waals surface area contributed by atoms with Crippen LogP contribution in [0.25, 0.3) is 0 Å². The van der Waals surface area contributed by atoms with Gasteiger partial charge in [-0.2, -0.15) is 0 Å². The fourth-order valence-corrected chi connectivity index (χ4v) is 3.67. The summed E-state index contributed by atoms with van der Waals surface area (Å²) in [7, 11) is 0. The first-order valence-corrected chi connectivity index (χ1v) is 12.1. The minimum Gasteiger partial charge on any atom is -0.508 e. The van der Waals surface area contributed by atoms with Gasteiger partial charge >= 0.3 is 5.97 Å². The molecule has 4 unspecified atom stereocenters. The van der Waals surface area contributed by atoms with Gasteiger partial charge in [-0.3, -0.25) is 24.0 Å². The lowest BCUT2D eigenvalue weighted by molar-refractivity contribution is -0.143. The van der Waals surface area contributed by atoms with Gasteiger partial charge < -0.3 is 43.4 Å². The van der Waals surface area contributed by atoms with E-state index in [1.165, 1.54) is 24.3 Å². The van der Waals surface area contributed by atoms with Crippen molar-refractivity contribution in [3.05, 3.63) is 65.7 Å². The zero-order chi connectivity index (χ0) is 29.8. The molecule has 214 valence electrons. The first-order chi connectivity index (χ1) is 18.8. The van der Waals surface area contributed by atoms with Gasteiger partial charge in [0.15, 0.2) is 0 Å². The van der Waals surface area contributed by atoms with Crippen LogP contribution in [0.1, 0.15) is 24.0 Å². The number of aromatic hydroxyl groups is 1. The molecule has 0 bridgehead atoms. The van der Waals surface area contributed by atoms with Crippen LogP contribution in [0.4, 0.5) is 0 Å². The number of nitrogens with two attached hydrogens (primary N) is 3. The van der Waals surface area contributed by atoms with Gasteiger partial charge in [0.25, 0.3) is 0 Å². The fourth-order valence-electron chi connectivity index (χ4n) is 3.67. The van der Waals surface area contributed by atoms with E-state index < -0.39 is 72.5 Å². The van der Waals surface area contributed by atoms with Crippen LogP contribution in [-0.2, 0) is 41.6 Å². The number of benzene rings is 2. The molecule has 0 aliphatic heterocycles. The molecule has 5 amide bonds. The van der Waals surface area contributed by atoms with Gasteiger partial charge in [-0.1, -0.05) is 42.5 Å². The number of carboxylic acid groups (broad SMARTS) is 1. The number of phenols is 1. The van der Waals surface area contributed by atoms with E-state index in [-0.39, 0.29) is 18.6 Å². The number of rotatable bonds is 15. The summed E-state index contributed by atoms with van der Waals surface area (Å²) < 4.78 is 0. The van der Waals surface area contributed by atoms with Gasteiger partial charge in [-0.25, -0.2) is 4.79 Å². The average Bonchev–Trinajstić information content (AvgIpc) is 2.88. The minimum absolute atomic E-state index is 0.0192. The molecule has 2 rings (SSSR count). The van der Waals surface area contributed by atoms with Crippen molar-refractivity contribution in [3.8, 4) is 5.75 Å². The molecule has 2 aromatic rings. The molecular formula is C26H32N6O8. The van der Waals surface area contributed by atoms with Crippen molar-refractivity contribution >= 4 is 35.5 Å². The van der Waals surface area contributed by atoms with Gasteiger partial charge in [-0.15, -0.1) is 0 Å². The average molecular weight is 557 g/mol. The standard InChI is InChI=1S/C26H32N6O8/c27-17(12-21(28)34)23(36)30-18(10-14-4-2-1-3-5-14)24(37)31-19(11-15-6-8-16(33)9-7-15)25(38)32-20(26(39)40)13-22(29)35/h1-9,17-20,33H,10-13,27H2,(H2,28,34)(H2,29,35)(H,30,36)(H,31,37)(H,32,38)(H,39,40). The molecule has 0 saturated heterocycles. The highest BCUT2D eigenvalue weighted by atomic mass is 16.4. The maximum Gasteiger partial charge on any atom is 0.326 e. The Labute approximate surface area is 229 Å². The van der Waals surface area contributed by atoms with Crippen molar-refractivity contribution in [2.24, 2.45) is 17.2 Å². The molecule has 2 aromatic carbocycles. The molecule has 0 radical (unpaired) electrons. The van der Waals surface area contributed by atoms with E-state index in [1.54, 1.807) is 30.3 Å². The summed E-state index contributed by atoms with van der Waals surface area (Å²) >= 11 is 0. The lowest BCUT2D eigenvalue weighted by atomic mass is 10.0. The molecule has 14 heteroatoms. The fraction of sp³-hybridized carbons (Fsp3) is 0.308. The molecule has 14 nitrogen and oxygen atoms in total. The molecule has 0 fully saturated rings. The van der Waals surface area contributed by atoms with Crippen molar-refractivity contribution in [2.45, 2.75) is 49.9 Å². The molecule has 0 heterocycles. The van der Waals surface area contributed by atoms with Crippen LogP contribution in [0.2, 0.25) is 0 Å². The van der Waals surface area contributed by atoms with E-state index in [2.05, 4.69) is 16.0 Å². The quantitative estimate of drug-likeness (QED) is 0.118. The summed E-state index contributed by atoms with van der Waals surface area (Å²) in [6.45, 7) is 0. The van der Waals surface area contributed by atoms with Crippen LogP contribution in [0.3, 0.4) is 0 Å². The van der Waals surface area contributed by atoms with E-state index in [0.717, 1.165) is 0 Å². The summed E-state index contributed by atoms with van der Waals surface area (Å²) in [5, 5.41) is 26.1. The zero-order valence-electron chi connectivity index (χ0n) is 21.4. The Morgan fingerprint density at radius 3 is 1.57 bits per heavy atom. The van der Waals surface area contributed by atoms with Crippen LogP contribution in [0.5, 0.6) is 5.75 Å². The second kappa shape index (κ2) is 14.8. The molecule has 0 aromatic heterocycles. The van der Waals surface area contributed by atoms with Crippen LogP contribution >= 0.6 is 0 Å². The molecule has 4 atom stereocenters. The molecule has 40 heavy (non-hydrogen) atoms. The Balaban J connectivity index is 2.33. The predicted octanol–water partition coefficient (Wildman–Crippen LogP) is -2.21. The van der Waals surface area contributed by atoms with Crippen molar-refractivity contribution < 1.29 is 39.0 Å². The lowest BCUT2D eigenvalue weighted by Crippen LogP contribution is -2.58. The largest absolute Gasteiger partial charge is 0.508 e. The number of hydrogen-bond acceptors (Lipinski definition) is 8. The van der Waals surface area contributed by atoms with Gasteiger partial charge in [0.1, 0.15) is 23.9 Å². The number of primary amides is 2. The smallest absolute Gasteiger partial charge is 0.326 e. The summed E-state index contributed by atoms with van der Waals surface area (Å²) in [5.41, 5.74) is 17.1. The van der Waals surface area contributed by atoms with Crippen LogP contribution in [0.15, 0.2) is 54.6 Å². The van der Waals surface area contributed by atoms with Crippen molar-refractivity contribution in [1.29, 1.82) is 0 Å². The lowest BCUT2D eigenvalue weighted by Gasteiger charge is -2.25. The molecule has 0 spiro atoms. The third kappa shape index (κ3) is 10.4. The van der Waals surface area contributed by atoms with Crippen molar-refractivity contribution in [2.75, 3.05) is 0 Å². The Hall–Kier alpha value is -4.98. The highest BCUT2D eigenvalue weighted by Crippen LogP contribution is 2.12. The number of aliphatic carboxylic acids is 1. The number of amides is 5. The maximum atomic E-state index is 13.4. The van der Waals surface area contributed by atoms with Crippen LogP contribution in [-0.4, -0.2) is 69.9 Å². The van der Waals surface area contributed by atoms with E-state index in [1.807, 2.05) is 0 Å². The summed E-state index contributed by atoms with van der Waals surface area (Å²) in [4.78, 5) is 73.2.